The average molecular weight is 406 g/mol. The first kappa shape index (κ1) is 16.0. The highest BCUT2D eigenvalue weighted by Gasteiger charge is 2.39. The summed E-state index contributed by atoms with van der Waals surface area (Å²) in [6, 6.07) is 1.74. The van der Waals surface area contributed by atoms with Crippen molar-refractivity contribution in [3.05, 3.63) is 28.1 Å². The Balaban J connectivity index is 1.81. The number of ether oxygens (including phenoxy) is 1. The summed E-state index contributed by atoms with van der Waals surface area (Å²) < 4.78 is 30.2. The summed E-state index contributed by atoms with van der Waals surface area (Å²) in [7, 11) is -2.98. The number of nitrogens with zero attached hydrogens (tertiary/aromatic N) is 2. The third kappa shape index (κ3) is 2.94. The molecule has 1 aliphatic carbocycles. The normalized spacial score (nSPS) is 21.6. The Morgan fingerprint density at radius 1 is 1.32 bits per heavy atom. The van der Waals surface area contributed by atoms with E-state index in [1.807, 2.05) is 0 Å². The van der Waals surface area contributed by atoms with Crippen LogP contribution in [0, 0.1) is 0 Å². The Kier molecular flexibility index (Phi) is 4.31. The molecule has 0 N–H and O–H groups in total. The summed E-state index contributed by atoms with van der Waals surface area (Å²) in [4.78, 5) is 8.32. The fourth-order valence-electron chi connectivity index (χ4n) is 2.45. The van der Waals surface area contributed by atoms with E-state index in [-0.39, 0.29) is 17.1 Å². The van der Waals surface area contributed by atoms with E-state index >= 15 is 0 Å². The lowest BCUT2D eigenvalue weighted by atomic mass is 9.95. The second kappa shape index (κ2) is 5.94. The van der Waals surface area contributed by atoms with Crippen molar-refractivity contribution in [1.29, 1.82) is 0 Å². The molecule has 8 heteroatoms. The van der Waals surface area contributed by atoms with E-state index in [1.54, 1.807) is 25.4 Å². The smallest absolute Gasteiger partial charge is 0.223 e. The number of halogens is 2. The molecule has 0 aromatic carbocycles. The first-order chi connectivity index (χ1) is 10.4. The number of rotatable bonds is 4. The number of aromatic nitrogens is 2. The minimum atomic E-state index is -2.98. The molecule has 5 nitrogen and oxygen atoms in total. The molecule has 3 rings (SSSR count). The number of hydrogen-bond acceptors (Lipinski definition) is 5. The van der Waals surface area contributed by atoms with Gasteiger partial charge in [-0.25, -0.2) is 18.4 Å². The zero-order valence-electron chi connectivity index (χ0n) is 11.8. The van der Waals surface area contributed by atoms with Gasteiger partial charge in [0.05, 0.1) is 10.6 Å². The quantitative estimate of drug-likeness (QED) is 0.729. The van der Waals surface area contributed by atoms with E-state index in [0.717, 1.165) is 15.2 Å². The number of pyridine rings is 2. The predicted octanol–water partition coefficient (Wildman–Crippen LogP) is 3.39. The minimum absolute atomic E-state index is 0.126. The summed E-state index contributed by atoms with van der Waals surface area (Å²) in [6.07, 6.45) is 4.16. The summed E-state index contributed by atoms with van der Waals surface area (Å²) in [5.74, 6) is 0.631. The molecule has 2 aromatic heterocycles. The van der Waals surface area contributed by atoms with Crippen molar-refractivity contribution >= 4 is 48.1 Å². The number of hydrogen-bond donors (Lipinski definition) is 0. The standard InChI is InChI=1S/C14H14BrClN2O3S/c1-2-22(19,20)9-3-8(4-9)21-14-11-6-17-13(16)5-10(11)12(15)7-18-14/h5-9H,2-4H2,1H3/t8-,9+. The molecule has 118 valence electrons. The monoisotopic (exact) mass is 404 g/mol. The molecular weight excluding hydrogens is 392 g/mol. The molecule has 0 aliphatic heterocycles. The van der Waals surface area contributed by atoms with Crippen LogP contribution in [-0.2, 0) is 9.84 Å². The molecule has 0 unspecified atom stereocenters. The molecule has 0 amide bonds. The van der Waals surface area contributed by atoms with Crippen molar-refractivity contribution < 1.29 is 13.2 Å². The van der Waals surface area contributed by atoms with Gasteiger partial charge in [-0.05, 0) is 22.0 Å². The fourth-order valence-corrected chi connectivity index (χ4v) is 4.52. The Morgan fingerprint density at radius 3 is 2.73 bits per heavy atom. The van der Waals surface area contributed by atoms with Gasteiger partial charge in [0.25, 0.3) is 0 Å². The first-order valence-corrected chi connectivity index (χ1v) is 9.77. The van der Waals surface area contributed by atoms with Gasteiger partial charge >= 0.3 is 0 Å². The molecule has 0 bridgehead atoms. The van der Waals surface area contributed by atoms with Crippen molar-refractivity contribution in [2.45, 2.75) is 31.1 Å². The first-order valence-electron chi connectivity index (χ1n) is 6.88. The Morgan fingerprint density at radius 2 is 2.05 bits per heavy atom. The van der Waals surface area contributed by atoms with Crippen LogP contribution >= 0.6 is 27.5 Å². The van der Waals surface area contributed by atoms with Crippen molar-refractivity contribution in [2.24, 2.45) is 0 Å². The second-order valence-electron chi connectivity index (χ2n) is 5.25. The van der Waals surface area contributed by atoms with Gasteiger partial charge in [-0.1, -0.05) is 18.5 Å². The highest BCUT2D eigenvalue weighted by molar-refractivity contribution is 9.10. The summed E-state index contributed by atoms with van der Waals surface area (Å²) >= 11 is 9.34. The molecule has 2 heterocycles. The molecule has 1 saturated carbocycles. The molecule has 1 fully saturated rings. The maximum atomic E-state index is 11.8. The van der Waals surface area contributed by atoms with Crippen LogP contribution in [0.5, 0.6) is 5.88 Å². The topological polar surface area (TPSA) is 69.2 Å². The highest BCUT2D eigenvalue weighted by atomic mass is 79.9. The van der Waals surface area contributed by atoms with Crippen molar-refractivity contribution in [2.75, 3.05) is 5.75 Å². The van der Waals surface area contributed by atoms with E-state index in [0.29, 0.717) is 23.9 Å². The maximum absolute atomic E-state index is 11.8. The minimum Gasteiger partial charge on any atom is -0.474 e. The van der Waals surface area contributed by atoms with Crippen LogP contribution in [0.3, 0.4) is 0 Å². The fraction of sp³-hybridized carbons (Fsp3) is 0.429. The van der Waals surface area contributed by atoms with Crippen molar-refractivity contribution in [3.8, 4) is 5.88 Å². The van der Waals surface area contributed by atoms with Gasteiger partial charge in [0.15, 0.2) is 9.84 Å². The molecule has 2 aromatic rings. The Labute approximate surface area is 142 Å². The zero-order chi connectivity index (χ0) is 15.9. The lowest BCUT2D eigenvalue weighted by molar-refractivity contribution is 0.119. The van der Waals surface area contributed by atoms with Gasteiger partial charge in [0.1, 0.15) is 11.3 Å². The second-order valence-corrected chi connectivity index (χ2v) is 9.06. The number of fused-ring (bicyclic) bond motifs is 1. The van der Waals surface area contributed by atoms with E-state index < -0.39 is 9.84 Å². The number of sulfone groups is 1. The molecule has 22 heavy (non-hydrogen) atoms. The third-order valence-corrected chi connectivity index (χ3v) is 6.94. The van der Waals surface area contributed by atoms with Crippen LogP contribution in [-0.4, -0.2) is 35.5 Å². The largest absolute Gasteiger partial charge is 0.474 e. The van der Waals surface area contributed by atoms with E-state index in [4.69, 9.17) is 16.3 Å². The molecule has 0 saturated heterocycles. The van der Waals surface area contributed by atoms with Crippen molar-refractivity contribution in [3.63, 3.8) is 0 Å². The van der Waals surface area contributed by atoms with Crippen LogP contribution in [0.1, 0.15) is 19.8 Å². The summed E-state index contributed by atoms with van der Waals surface area (Å²) in [5, 5.41) is 1.71. The van der Waals surface area contributed by atoms with Crippen LogP contribution < -0.4 is 4.74 Å². The maximum Gasteiger partial charge on any atom is 0.223 e. The van der Waals surface area contributed by atoms with Crippen LogP contribution in [0.4, 0.5) is 0 Å². The molecule has 0 spiro atoms. The van der Waals surface area contributed by atoms with Gasteiger partial charge in [0, 0.05) is 40.8 Å². The van der Waals surface area contributed by atoms with Gasteiger partial charge in [-0.15, -0.1) is 0 Å². The van der Waals surface area contributed by atoms with Crippen LogP contribution in [0.2, 0.25) is 5.15 Å². The van der Waals surface area contributed by atoms with E-state index in [1.165, 1.54) is 0 Å². The van der Waals surface area contributed by atoms with E-state index in [2.05, 4.69) is 25.9 Å². The summed E-state index contributed by atoms with van der Waals surface area (Å²) in [5.41, 5.74) is 0. The van der Waals surface area contributed by atoms with Gasteiger partial charge < -0.3 is 4.74 Å². The summed E-state index contributed by atoms with van der Waals surface area (Å²) in [6.45, 7) is 1.67. The Bertz CT molecular complexity index is 822. The van der Waals surface area contributed by atoms with Crippen molar-refractivity contribution in [1.82, 2.24) is 9.97 Å². The molecule has 0 atom stereocenters. The average Bonchev–Trinajstić information content (AvgIpc) is 2.44. The highest BCUT2D eigenvalue weighted by Crippen LogP contribution is 2.35. The zero-order valence-corrected chi connectivity index (χ0v) is 14.9. The Hall–Kier alpha value is -0.920. The molecule has 0 radical (unpaired) electrons. The van der Waals surface area contributed by atoms with E-state index in [9.17, 15) is 8.42 Å². The molecular formula is C14H14BrClN2O3S. The van der Waals surface area contributed by atoms with Gasteiger partial charge in [-0.3, -0.25) is 0 Å². The lowest BCUT2D eigenvalue weighted by Gasteiger charge is -2.34. The van der Waals surface area contributed by atoms with Crippen LogP contribution in [0.15, 0.2) is 22.9 Å². The van der Waals surface area contributed by atoms with Gasteiger partial charge in [0.2, 0.25) is 5.88 Å². The molecule has 1 aliphatic rings. The van der Waals surface area contributed by atoms with Crippen LogP contribution in [0.25, 0.3) is 10.8 Å². The SMILES string of the molecule is CCS(=O)(=O)[C@H]1C[C@@H](Oc2ncc(Br)c3cc(Cl)ncc23)C1. The predicted molar refractivity (Wildman–Crippen MR) is 89.1 cm³/mol. The van der Waals surface area contributed by atoms with Gasteiger partial charge in [-0.2, -0.15) is 0 Å². The third-order valence-electron chi connectivity index (χ3n) is 3.89. The lowest BCUT2D eigenvalue weighted by Crippen LogP contribution is -2.43.